The molecule has 0 aliphatic carbocycles. The fraction of sp³-hybridized carbons (Fsp3) is 0.414. The molecule has 5 nitrogen and oxygen atoms in total. The average Bonchev–Trinajstić information content (AvgIpc) is 3.29. The Morgan fingerprint density at radius 2 is 1.76 bits per heavy atom. The van der Waals surface area contributed by atoms with Crippen molar-refractivity contribution >= 4 is 5.91 Å². The summed E-state index contributed by atoms with van der Waals surface area (Å²) < 4.78 is 12.3. The Morgan fingerprint density at radius 3 is 2.47 bits per heavy atom. The highest BCUT2D eigenvalue weighted by molar-refractivity contribution is 5.91. The number of nitrogens with one attached hydrogen (secondary N) is 1. The van der Waals surface area contributed by atoms with Crippen molar-refractivity contribution in [3.63, 3.8) is 0 Å². The van der Waals surface area contributed by atoms with E-state index in [4.69, 9.17) is 9.15 Å². The van der Waals surface area contributed by atoms with Crippen molar-refractivity contribution in [1.29, 1.82) is 0 Å². The van der Waals surface area contributed by atoms with Crippen molar-refractivity contribution in [3.05, 3.63) is 87.4 Å². The fourth-order valence-corrected chi connectivity index (χ4v) is 4.78. The van der Waals surface area contributed by atoms with Gasteiger partial charge in [-0.05, 0) is 99.9 Å². The molecule has 2 aromatic carbocycles. The lowest BCUT2D eigenvalue weighted by Gasteiger charge is -2.35. The zero-order valence-corrected chi connectivity index (χ0v) is 21.0. The van der Waals surface area contributed by atoms with Crippen LogP contribution in [0, 0.1) is 20.8 Å². The van der Waals surface area contributed by atoms with Crippen LogP contribution in [-0.4, -0.2) is 22.7 Å². The first kappa shape index (κ1) is 24.1. The molecule has 1 aromatic heterocycles. The van der Waals surface area contributed by atoms with Crippen LogP contribution in [0.25, 0.3) is 0 Å². The van der Waals surface area contributed by atoms with Crippen LogP contribution in [-0.2, 0) is 12.8 Å². The lowest BCUT2D eigenvalue weighted by atomic mass is 9.84. The Hall–Kier alpha value is -3.05. The van der Waals surface area contributed by atoms with Crippen LogP contribution in [0.2, 0.25) is 0 Å². The Bertz CT molecular complexity index is 1190. The number of aliphatic hydroxyl groups is 1. The van der Waals surface area contributed by atoms with E-state index in [1.54, 1.807) is 13.0 Å². The predicted molar refractivity (Wildman–Crippen MR) is 134 cm³/mol. The van der Waals surface area contributed by atoms with Crippen molar-refractivity contribution in [2.45, 2.75) is 78.6 Å². The summed E-state index contributed by atoms with van der Waals surface area (Å²) in [5.74, 6) is 1.68. The predicted octanol–water partition coefficient (Wildman–Crippen LogP) is 5.75. The van der Waals surface area contributed by atoms with E-state index in [0.29, 0.717) is 6.42 Å². The summed E-state index contributed by atoms with van der Waals surface area (Å²) in [5.41, 5.74) is 6.76. The maximum absolute atomic E-state index is 12.8. The second-order valence-corrected chi connectivity index (χ2v) is 10.1. The van der Waals surface area contributed by atoms with Gasteiger partial charge in [0.15, 0.2) is 5.76 Å². The van der Waals surface area contributed by atoms with Crippen LogP contribution in [0.1, 0.15) is 83.0 Å². The number of fused-ring (bicyclic) bond motifs is 1. The molecule has 1 aliphatic heterocycles. The van der Waals surface area contributed by atoms with Crippen LogP contribution in [0.15, 0.2) is 46.9 Å². The lowest BCUT2D eigenvalue weighted by molar-refractivity contribution is 0.0824. The summed E-state index contributed by atoms with van der Waals surface area (Å²) in [6.07, 6.45) is 1.80. The minimum Gasteiger partial charge on any atom is -0.487 e. The van der Waals surface area contributed by atoms with E-state index in [1.165, 1.54) is 27.8 Å². The molecule has 1 amide bonds. The van der Waals surface area contributed by atoms with Gasteiger partial charge in [-0.15, -0.1) is 0 Å². The van der Waals surface area contributed by atoms with Crippen molar-refractivity contribution in [2.75, 3.05) is 0 Å². The van der Waals surface area contributed by atoms with E-state index in [0.717, 1.165) is 29.9 Å². The van der Waals surface area contributed by atoms with E-state index >= 15 is 0 Å². The molecule has 5 heteroatoms. The summed E-state index contributed by atoms with van der Waals surface area (Å²) in [6.45, 7) is 12.5. The molecule has 1 aliphatic rings. The van der Waals surface area contributed by atoms with Gasteiger partial charge in [0.05, 0.1) is 12.1 Å². The van der Waals surface area contributed by atoms with Crippen molar-refractivity contribution in [1.82, 2.24) is 5.32 Å². The van der Waals surface area contributed by atoms with Crippen LogP contribution >= 0.6 is 0 Å². The van der Waals surface area contributed by atoms with Gasteiger partial charge >= 0.3 is 0 Å². The summed E-state index contributed by atoms with van der Waals surface area (Å²) in [4.78, 5) is 12.8. The molecule has 2 unspecified atom stereocenters. The number of hydrogen-bond donors (Lipinski definition) is 2. The molecule has 2 atom stereocenters. The molecule has 2 N–H and O–H groups in total. The first-order chi connectivity index (χ1) is 16.1. The van der Waals surface area contributed by atoms with Gasteiger partial charge in [0.25, 0.3) is 5.91 Å². The molecule has 0 saturated carbocycles. The number of hydrogen-bond acceptors (Lipinski definition) is 4. The zero-order chi connectivity index (χ0) is 24.6. The minimum absolute atomic E-state index is 0.146. The van der Waals surface area contributed by atoms with Gasteiger partial charge in [-0.25, -0.2) is 0 Å². The van der Waals surface area contributed by atoms with E-state index in [9.17, 15) is 9.90 Å². The van der Waals surface area contributed by atoms with Crippen LogP contribution < -0.4 is 10.1 Å². The lowest BCUT2D eigenvalue weighted by Crippen LogP contribution is -2.36. The molecular formula is C29H35NO4. The van der Waals surface area contributed by atoms with Gasteiger partial charge in [-0.2, -0.15) is 0 Å². The van der Waals surface area contributed by atoms with Gasteiger partial charge < -0.3 is 19.6 Å². The number of amides is 1. The van der Waals surface area contributed by atoms with Gasteiger partial charge in [0.1, 0.15) is 17.1 Å². The number of carbonyl (C=O) groups excluding carboxylic acids is 1. The van der Waals surface area contributed by atoms with Gasteiger partial charge in [0.2, 0.25) is 0 Å². The van der Waals surface area contributed by atoms with E-state index < -0.39 is 12.1 Å². The van der Waals surface area contributed by atoms with Crippen LogP contribution in [0.4, 0.5) is 0 Å². The molecule has 0 radical (unpaired) electrons. The van der Waals surface area contributed by atoms with Crippen molar-refractivity contribution in [2.24, 2.45) is 0 Å². The molecule has 4 rings (SSSR count). The summed E-state index contributed by atoms with van der Waals surface area (Å²) >= 11 is 0. The molecule has 2 heterocycles. The molecule has 0 saturated heterocycles. The van der Waals surface area contributed by atoms with Crippen molar-refractivity contribution in [3.8, 4) is 5.75 Å². The molecule has 0 spiro atoms. The van der Waals surface area contributed by atoms with E-state index in [1.807, 2.05) is 36.4 Å². The number of furan rings is 1. The normalized spacial score (nSPS) is 16.3. The highest BCUT2D eigenvalue weighted by Crippen LogP contribution is 2.41. The Labute approximate surface area is 202 Å². The van der Waals surface area contributed by atoms with Gasteiger partial charge in [-0.1, -0.05) is 30.3 Å². The third kappa shape index (κ3) is 4.76. The van der Waals surface area contributed by atoms with Crippen LogP contribution in [0.5, 0.6) is 5.75 Å². The molecular weight excluding hydrogens is 426 g/mol. The van der Waals surface area contributed by atoms with Gasteiger partial charge in [0, 0.05) is 6.42 Å². The molecule has 180 valence electrons. The Morgan fingerprint density at radius 1 is 1.06 bits per heavy atom. The first-order valence-corrected chi connectivity index (χ1v) is 12.0. The van der Waals surface area contributed by atoms with Crippen molar-refractivity contribution < 1.29 is 19.1 Å². The first-order valence-electron chi connectivity index (χ1n) is 12.0. The zero-order valence-electron chi connectivity index (χ0n) is 21.0. The average molecular weight is 462 g/mol. The second kappa shape index (κ2) is 9.30. The van der Waals surface area contributed by atoms with Gasteiger partial charge in [-0.3, -0.25) is 4.79 Å². The topological polar surface area (TPSA) is 71.7 Å². The molecule has 34 heavy (non-hydrogen) atoms. The summed E-state index contributed by atoms with van der Waals surface area (Å²) in [6, 6.07) is 12.4. The quantitative estimate of drug-likeness (QED) is 0.490. The SMILES string of the molecule is Cc1c(C)c2c(c(C)c1Cc1ccc(C(=O)NC(C)C(O)c3ccccc3)o1)CCC(C)(C)O2. The number of carbonyl (C=O) groups is 1. The molecule has 0 bridgehead atoms. The standard InChI is InChI=1S/C29H35NO4/c1-17-18(2)27-23(14-15-29(5,6)34-27)19(3)24(17)16-22-12-13-25(33-22)28(32)30-20(4)26(31)21-10-8-7-9-11-21/h7-13,20,26,31H,14-16H2,1-6H3,(H,30,32). The number of rotatable bonds is 6. The second-order valence-electron chi connectivity index (χ2n) is 10.1. The molecule has 3 aromatic rings. The monoisotopic (exact) mass is 461 g/mol. The third-order valence-corrected chi connectivity index (χ3v) is 7.10. The largest absolute Gasteiger partial charge is 0.487 e. The number of aliphatic hydroxyl groups excluding tert-OH is 1. The maximum atomic E-state index is 12.8. The Balaban J connectivity index is 1.50. The number of ether oxygens (including phenoxy) is 1. The van der Waals surface area contributed by atoms with E-state index in [-0.39, 0.29) is 17.3 Å². The third-order valence-electron chi connectivity index (χ3n) is 7.10. The highest BCUT2D eigenvalue weighted by Gasteiger charge is 2.31. The fourth-order valence-electron chi connectivity index (χ4n) is 4.78. The smallest absolute Gasteiger partial charge is 0.287 e. The highest BCUT2D eigenvalue weighted by atomic mass is 16.5. The summed E-state index contributed by atoms with van der Waals surface area (Å²) in [5, 5.41) is 13.4. The number of benzene rings is 2. The minimum atomic E-state index is -0.796. The van der Waals surface area contributed by atoms with E-state index in [2.05, 4.69) is 39.9 Å². The van der Waals surface area contributed by atoms with Crippen LogP contribution in [0.3, 0.4) is 0 Å². The maximum Gasteiger partial charge on any atom is 0.287 e. The molecule has 0 fully saturated rings. The Kier molecular flexibility index (Phi) is 6.59. The summed E-state index contributed by atoms with van der Waals surface area (Å²) in [7, 11) is 0.